The summed E-state index contributed by atoms with van der Waals surface area (Å²) in [6.07, 6.45) is 2.24. The molecule has 1 amide bonds. The van der Waals surface area contributed by atoms with Gasteiger partial charge >= 0.3 is 0 Å². The lowest BCUT2D eigenvalue weighted by atomic mass is 10.0. The Morgan fingerprint density at radius 3 is 2.93 bits per heavy atom. The summed E-state index contributed by atoms with van der Waals surface area (Å²) in [5.74, 6) is 0.143. The SMILES string of the molecule is CCNC(=O)C[N+]1(C)CCCC(N)C1. The molecule has 0 saturated carbocycles. The number of nitrogens with two attached hydrogens (primary N) is 1. The van der Waals surface area contributed by atoms with Crippen molar-refractivity contribution in [3.8, 4) is 0 Å². The fourth-order valence-corrected chi connectivity index (χ4v) is 2.23. The van der Waals surface area contributed by atoms with Crippen LogP contribution in [0.1, 0.15) is 19.8 Å². The van der Waals surface area contributed by atoms with Gasteiger partial charge in [-0.15, -0.1) is 0 Å². The summed E-state index contributed by atoms with van der Waals surface area (Å²) in [7, 11) is 2.12. The molecular formula is C10H22N3O+. The molecular weight excluding hydrogens is 178 g/mol. The predicted octanol–water partition coefficient (Wildman–Crippen LogP) is -0.310. The van der Waals surface area contributed by atoms with Crippen molar-refractivity contribution in [2.75, 3.05) is 33.2 Å². The quantitative estimate of drug-likeness (QED) is 0.614. The van der Waals surface area contributed by atoms with Gasteiger partial charge < -0.3 is 15.5 Å². The Balaban J connectivity index is 2.43. The van der Waals surface area contributed by atoms with Crippen LogP contribution < -0.4 is 11.1 Å². The molecule has 3 N–H and O–H groups in total. The molecule has 4 heteroatoms. The number of hydrogen-bond acceptors (Lipinski definition) is 2. The highest BCUT2D eigenvalue weighted by Crippen LogP contribution is 2.14. The Labute approximate surface area is 86.0 Å². The number of amides is 1. The van der Waals surface area contributed by atoms with Crippen LogP contribution in [0.5, 0.6) is 0 Å². The molecule has 82 valence electrons. The molecule has 0 bridgehead atoms. The molecule has 1 heterocycles. The first-order valence-electron chi connectivity index (χ1n) is 5.41. The molecule has 1 saturated heterocycles. The predicted molar refractivity (Wildman–Crippen MR) is 56.7 cm³/mol. The minimum absolute atomic E-state index is 0.143. The summed E-state index contributed by atoms with van der Waals surface area (Å²) < 4.78 is 0.799. The fourth-order valence-electron chi connectivity index (χ4n) is 2.23. The van der Waals surface area contributed by atoms with Crippen LogP contribution in [0.4, 0.5) is 0 Å². The molecule has 1 rings (SSSR count). The zero-order chi connectivity index (χ0) is 10.6. The van der Waals surface area contributed by atoms with Crippen LogP contribution in [0, 0.1) is 0 Å². The van der Waals surface area contributed by atoms with Crippen LogP contribution in [0.2, 0.25) is 0 Å². The summed E-state index contributed by atoms with van der Waals surface area (Å²) in [6.45, 7) is 5.23. The number of hydrogen-bond donors (Lipinski definition) is 2. The normalized spacial score (nSPS) is 32.6. The average molecular weight is 200 g/mol. The maximum atomic E-state index is 11.5. The standard InChI is InChI=1S/C10H21N3O/c1-3-12-10(14)8-13(2)6-4-5-9(11)7-13/h9H,3-8,11H2,1-2H3/p+1. The maximum Gasteiger partial charge on any atom is 0.275 e. The van der Waals surface area contributed by atoms with Crippen LogP contribution in [0.25, 0.3) is 0 Å². The van der Waals surface area contributed by atoms with Crippen molar-refractivity contribution in [3.63, 3.8) is 0 Å². The van der Waals surface area contributed by atoms with E-state index in [1.54, 1.807) is 0 Å². The van der Waals surface area contributed by atoms with E-state index in [1.807, 2.05) is 6.92 Å². The van der Waals surface area contributed by atoms with Crippen molar-refractivity contribution in [3.05, 3.63) is 0 Å². The number of likely N-dealkylation sites (tertiary alicyclic amines) is 1. The second-order valence-electron chi connectivity index (χ2n) is 4.54. The van der Waals surface area contributed by atoms with Crippen LogP contribution >= 0.6 is 0 Å². The Morgan fingerprint density at radius 2 is 2.36 bits per heavy atom. The van der Waals surface area contributed by atoms with Crippen LogP contribution in [0.15, 0.2) is 0 Å². The van der Waals surface area contributed by atoms with Gasteiger partial charge in [-0.2, -0.15) is 0 Å². The largest absolute Gasteiger partial charge is 0.351 e. The highest BCUT2D eigenvalue weighted by atomic mass is 16.2. The van der Waals surface area contributed by atoms with E-state index in [9.17, 15) is 4.79 Å². The van der Waals surface area contributed by atoms with Crippen molar-refractivity contribution >= 4 is 5.91 Å². The number of nitrogens with zero attached hydrogens (tertiary/aromatic N) is 1. The first-order valence-corrected chi connectivity index (χ1v) is 5.41. The van der Waals surface area contributed by atoms with Gasteiger partial charge in [-0.3, -0.25) is 4.79 Å². The van der Waals surface area contributed by atoms with Gasteiger partial charge in [0, 0.05) is 6.54 Å². The number of carbonyl (C=O) groups excluding carboxylic acids is 1. The summed E-state index contributed by atoms with van der Waals surface area (Å²) in [6, 6.07) is 0.267. The van der Waals surface area contributed by atoms with Crippen molar-refractivity contribution in [1.29, 1.82) is 0 Å². The van der Waals surface area contributed by atoms with Crippen molar-refractivity contribution < 1.29 is 9.28 Å². The van der Waals surface area contributed by atoms with Crippen LogP contribution in [-0.2, 0) is 4.79 Å². The molecule has 4 nitrogen and oxygen atoms in total. The highest BCUT2D eigenvalue weighted by Gasteiger charge is 2.31. The topological polar surface area (TPSA) is 55.1 Å². The number of rotatable bonds is 3. The van der Waals surface area contributed by atoms with Crippen molar-refractivity contribution in [2.24, 2.45) is 5.73 Å². The van der Waals surface area contributed by atoms with Gasteiger partial charge in [0.2, 0.25) is 0 Å². The molecule has 14 heavy (non-hydrogen) atoms. The number of piperidine rings is 1. The molecule has 0 aromatic rings. The van der Waals surface area contributed by atoms with Gasteiger partial charge in [-0.25, -0.2) is 0 Å². The van der Waals surface area contributed by atoms with E-state index < -0.39 is 0 Å². The summed E-state index contributed by atoms with van der Waals surface area (Å²) >= 11 is 0. The van der Waals surface area contributed by atoms with Gasteiger partial charge in [-0.05, 0) is 19.8 Å². The third-order valence-corrected chi connectivity index (χ3v) is 2.85. The van der Waals surface area contributed by atoms with Gasteiger partial charge in [0.05, 0.1) is 26.2 Å². The highest BCUT2D eigenvalue weighted by molar-refractivity contribution is 5.76. The number of nitrogens with one attached hydrogen (secondary N) is 1. The molecule has 1 aliphatic heterocycles. The molecule has 0 radical (unpaired) electrons. The minimum Gasteiger partial charge on any atom is -0.351 e. The molecule has 1 aliphatic rings. The van der Waals surface area contributed by atoms with E-state index >= 15 is 0 Å². The first-order chi connectivity index (χ1) is 6.56. The zero-order valence-electron chi connectivity index (χ0n) is 9.25. The molecule has 0 aromatic carbocycles. The second-order valence-corrected chi connectivity index (χ2v) is 4.54. The van der Waals surface area contributed by atoms with Gasteiger partial charge in [0.1, 0.15) is 0 Å². The lowest BCUT2D eigenvalue weighted by Crippen LogP contribution is -2.58. The number of quaternary nitrogens is 1. The second kappa shape index (κ2) is 4.75. The fraction of sp³-hybridized carbons (Fsp3) is 0.900. The smallest absolute Gasteiger partial charge is 0.275 e. The van der Waals surface area contributed by atoms with Gasteiger partial charge in [0.15, 0.2) is 6.54 Å². The Morgan fingerprint density at radius 1 is 1.64 bits per heavy atom. The minimum atomic E-state index is 0.143. The van der Waals surface area contributed by atoms with E-state index in [2.05, 4.69) is 12.4 Å². The van der Waals surface area contributed by atoms with Crippen LogP contribution in [-0.4, -0.2) is 49.7 Å². The van der Waals surface area contributed by atoms with E-state index in [4.69, 9.17) is 5.73 Å². The maximum absolute atomic E-state index is 11.5. The molecule has 2 unspecified atom stereocenters. The third-order valence-electron chi connectivity index (χ3n) is 2.85. The molecule has 0 aliphatic carbocycles. The third kappa shape index (κ3) is 3.27. The Kier molecular flexibility index (Phi) is 3.89. The molecule has 2 atom stereocenters. The lowest BCUT2D eigenvalue weighted by Gasteiger charge is -2.39. The van der Waals surface area contributed by atoms with E-state index in [0.29, 0.717) is 13.1 Å². The van der Waals surface area contributed by atoms with Crippen LogP contribution in [0.3, 0.4) is 0 Å². The zero-order valence-corrected chi connectivity index (χ0v) is 9.25. The van der Waals surface area contributed by atoms with E-state index in [1.165, 1.54) is 0 Å². The number of likely N-dealkylation sites (N-methyl/N-ethyl adjacent to an activating group) is 2. The van der Waals surface area contributed by atoms with Crippen molar-refractivity contribution in [1.82, 2.24) is 5.32 Å². The van der Waals surface area contributed by atoms with E-state index in [-0.39, 0.29) is 11.9 Å². The first kappa shape index (κ1) is 11.5. The monoisotopic (exact) mass is 200 g/mol. The Bertz CT molecular complexity index is 208. The van der Waals surface area contributed by atoms with Gasteiger partial charge in [-0.1, -0.05) is 0 Å². The molecule has 1 fully saturated rings. The average Bonchev–Trinajstić information content (AvgIpc) is 2.02. The molecule has 0 aromatic heterocycles. The lowest BCUT2D eigenvalue weighted by molar-refractivity contribution is -0.907. The number of carbonyl (C=O) groups is 1. The van der Waals surface area contributed by atoms with Gasteiger partial charge in [0.25, 0.3) is 5.91 Å². The summed E-state index contributed by atoms with van der Waals surface area (Å²) in [4.78, 5) is 11.5. The van der Waals surface area contributed by atoms with E-state index in [0.717, 1.165) is 30.4 Å². The molecule has 0 spiro atoms. The van der Waals surface area contributed by atoms with Crippen molar-refractivity contribution in [2.45, 2.75) is 25.8 Å². The summed E-state index contributed by atoms with van der Waals surface area (Å²) in [5.41, 5.74) is 5.91. The summed E-state index contributed by atoms with van der Waals surface area (Å²) in [5, 5.41) is 2.84. The Hall–Kier alpha value is -0.610.